The number of Topliss-reactive ketones (excluding diaryl/α,β-unsaturated/α-hetero) is 1. The average Bonchev–Trinajstić information content (AvgIpc) is 2.57. The van der Waals surface area contributed by atoms with E-state index in [1.54, 1.807) is 0 Å². The molecule has 0 bridgehead atoms. The van der Waals surface area contributed by atoms with Crippen LogP contribution in [0.3, 0.4) is 0 Å². The molecule has 156 valence electrons. The molecule has 0 saturated heterocycles. The van der Waals surface area contributed by atoms with Crippen LogP contribution in [0.2, 0.25) is 0 Å². The highest BCUT2D eigenvalue weighted by Crippen LogP contribution is 2.14. The van der Waals surface area contributed by atoms with Crippen molar-refractivity contribution >= 4 is 15.9 Å². The quantitative estimate of drug-likeness (QED) is 0.254. The number of rotatable bonds is 19. The van der Waals surface area contributed by atoms with Crippen LogP contribution in [-0.4, -0.2) is 35.7 Å². The zero-order valence-corrected chi connectivity index (χ0v) is 17.4. The molecular weight excluding hydrogens is 352 g/mol. The van der Waals surface area contributed by atoms with Gasteiger partial charge in [0.25, 0.3) is 0 Å². The number of ketones is 1. The summed E-state index contributed by atoms with van der Waals surface area (Å²) in [5.74, 6) is -0.655. The Morgan fingerprint density at radius 3 is 1.42 bits per heavy atom. The predicted molar refractivity (Wildman–Crippen MR) is 105 cm³/mol. The minimum Gasteiger partial charge on any atom is -0.747 e. The van der Waals surface area contributed by atoms with E-state index in [0.29, 0.717) is 6.42 Å². The van der Waals surface area contributed by atoms with Gasteiger partial charge >= 0.3 is 0 Å². The number of carbonyl (C=O) groups excluding carboxylic acids is 1. The molecular formula is C20H39O5S-. The minimum absolute atomic E-state index is 0.0605. The molecule has 0 heterocycles. The zero-order valence-electron chi connectivity index (χ0n) is 16.6. The normalized spacial score (nSPS) is 13.0. The third-order valence-corrected chi connectivity index (χ3v) is 6.01. The fourth-order valence-corrected chi connectivity index (χ4v) is 3.81. The van der Waals surface area contributed by atoms with Gasteiger partial charge in [-0.25, -0.2) is 8.42 Å². The third kappa shape index (κ3) is 14.7. The summed E-state index contributed by atoms with van der Waals surface area (Å²) in [6.45, 7) is 1.33. The van der Waals surface area contributed by atoms with Crippen LogP contribution in [0.5, 0.6) is 0 Å². The van der Waals surface area contributed by atoms with Crippen LogP contribution >= 0.6 is 0 Å². The van der Waals surface area contributed by atoms with Crippen LogP contribution < -0.4 is 0 Å². The maximum Gasteiger partial charge on any atom is 0.152 e. The van der Waals surface area contributed by atoms with E-state index in [2.05, 4.69) is 6.92 Å². The van der Waals surface area contributed by atoms with Crippen molar-refractivity contribution in [3.8, 4) is 0 Å². The Balaban J connectivity index is 3.38. The summed E-state index contributed by atoms with van der Waals surface area (Å²) in [6.07, 6.45) is 18.3. The summed E-state index contributed by atoms with van der Waals surface area (Å²) in [5.41, 5.74) is 0. The van der Waals surface area contributed by atoms with Gasteiger partial charge in [0.05, 0.1) is 6.61 Å². The van der Waals surface area contributed by atoms with Crippen LogP contribution in [0, 0.1) is 0 Å². The summed E-state index contributed by atoms with van der Waals surface area (Å²) in [6, 6.07) is 0. The number of hydrogen-bond acceptors (Lipinski definition) is 5. The molecule has 0 fully saturated rings. The molecule has 5 nitrogen and oxygen atoms in total. The Morgan fingerprint density at radius 2 is 1.12 bits per heavy atom. The molecule has 26 heavy (non-hydrogen) atoms. The number of aliphatic hydroxyl groups is 1. The lowest BCUT2D eigenvalue weighted by Gasteiger charge is -2.16. The molecule has 0 aromatic rings. The van der Waals surface area contributed by atoms with Gasteiger partial charge in [0, 0.05) is 6.42 Å². The second-order valence-corrected chi connectivity index (χ2v) is 8.88. The van der Waals surface area contributed by atoms with Gasteiger partial charge < -0.3 is 9.66 Å². The molecule has 0 aromatic heterocycles. The second kappa shape index (κ2) is 16.7. The number of unbranched alkanes of at least 4 members (excludes halogenated alkanes) is 14. The monoisotopic (exact) mass is 391 g/mol. The fraction of sp³-hybridized carbons (Fsp3) is 0.950. The lowest BCUT2D eigenvalue weighted by Crippen LogP contribution is -2.33. The van der Waals surface area contributed by atoms with E-state index in [1.807, 2.05) is 0 Å². The van der Waals surface area contributed by atoms with E-state index in [1.165, 1.54) is 70.6 Å². The average molecular weight is 392 g/mol. The molecule has 0 rings (SSSR count). The van der Waals surface area contributed by atoms with Gasteiger partial charge in [0.2, 0.25) is 0 Å². The van der Waals surface area contributed by atoms with E-state index in [0.717, 1.165) is 19.3 Å². The SMILES string of the molecule is CCCCCCCCCCCCCCCCCC(=O)C(CO)S(=O)(=O)[O-]. The van der Waals surface area contributed by atoms with Crippen LogP contribution in [-0.2, 0) is 14.9 Å². The molecule has 6 heteroatoms. The molecule has 0 radical (unpaired) electrons. The van der Waals surface area contributed by atoms with Crippen LogP contribution in [0.25, 0.3) is 0 Å². The van der Waals surface area contributed by atoms with E-state index >= 15 is 0 Å². The van der Waals surface area contributed by atoms with Crippen molar-refractivity contribution in [3.63, 3.8) is 0 Å². The van der Waals surface area contributed by atoms with Crippen molar-refractivity contribution in [2.24, 2.45) is 0 Å². The highest BCUT2D eigenvalue weighted by atomic mass is 32.2. The number of aliphatic hydroxyl groups excluding tert-OH is 1. The molecule has 0 amide bonds. The number of hydrogen-bond donors (Lipinski definition) is 1. The summed E-state index contributed by atoms with van der Waals surface area (Å²) in [5, 5.41) is 7.07. The highest BCUT2D eigenvalue weighted by molar-refractivity contribution is 7.87. The summed E-state index contributed by atoms with van der Waals surface area (Å²) < 4.78 is 32.5. The smallest absolute Gasteiger partial charge is 0.152 e. The predicted octanol–water partition coefficient (Wildman–Crippen LogP) is 4.72. The molecule has 1 atom stereocenters. The summed E-state index contributed by atoms with van der Waals surface area (Å²) >= 11 is 0. The number of carbonyl (C=O) groups is 1. The molecule has 0 saturated carbocycles. The molecule has 0 aliphatic heterocycles. The van der Waals surface area contributed by atoms with Crippen LogP contribution in [0.4, 0.5) is 0 Å². The summed E-state index contributed by atoms with van der Waals surface area (Å²) in [4.78, 5) is 11.6. The first-order valence-corrected chi connectivity index (χ1v) is 12.0. The van der Waals surface area contributed by atoms with Crippen molar-refractivity contribution in [2.45, 2.75) is 115 Å². The van der Waals surface area contributed by atoms with E-state index in [4.69, 9.17) is 5.11 Å². The Morgan fingerprint density at radius 1 is 0.769 bits per heavy atom. The van der Waals surface area contributed by atoms with Crippen molar-refractivity contribution in [1.29, 1.82) is 0 Å². The van der Waals surface area contributed by atoms with E-state index in [9.17, 15) is 17.8 Å². The van der Waals surface area contributed by atoms with Crippen LogP contribution in [0.15, 0.2) is 0 Å². The van der Waals surface area contributed by atoms with Crippen LogP contribution in [0.1, 0.15) is 110 Å². The standard InChI is InChI=1S/C20H40O5S/c1-2-3-4-5-6-7-8-9-10-11-12-13-14-15-16-17-19(22)20(18-21)26(23,24)25/h20-21H,2-18H2,1H3,(H,23,24,25)/p-1. The maximum absolute atomic E-state index is 11.6. The third-order valence-electron chi connectivity index (χ3n) is 4.90. The topological polar surface area (TPSA) is 94.5 Å². The Labute approximate surface area is 160 Å². The van der Waals surface area contributed by atoms with Crippen molar-refractivity contribution < 1.29 is 22.9 Å². The summed E-state index contributed by atoms with van der Waals surface area (Å²) in [7, 11) is -4.73. The Kier molecular flexibility index (Phi) is 16.4. The van der Waals surface area contributed by atoms with Gasteiger partial charge in [-0.1, -0.05) is 96.8 Å². The maximum atomic E-state index is 11.6. The van der Waals surface area contributed by atoms with Gasteiger partial charge in [-0.3, -0.25) is 4.79 Å². The van der Waals surface area contributed by atoms with Gasteiger partial charge in [-0.05, 0) is 6.42 Å². The lowest BCUT2D eigenvalue weighted by molar-refractivity contribution is -0.119. The molecule has 0 aliphatic rings. The highest BCUT2D eigenvalue weighted by Gasteiger charge is 2.23. The lowest BCUT2D eigenvalue weighted by atomic mass is 10.0. The van der Waals surface area contributed by atoms with Crippen molar-refractivity contribution in [1.82, 2.24) is 0 Å². The first kappa shape index (κ1) is 25.5. The van der Waals surface area contributed by atoms with Crippen molar-refractivity contribution in [3.05, 3.63) is 0 Å². The first-order valence-electron chi connectivity index (χ1n) is 10.5. The molecule has 0 aliphatic carbocycles. The Bertz CT molecular complexity index is 433. The van der Waals surface area contributed by atoms with Gasteiger partial charge in [0.15, 0.2) is 5.78 Å². The molecule has 0 spiro atoms. The van der Waals surface area contributed by atoms with E-state index < -0.39 is 27.8 Å². The molecule has 1 unspecified atom stereocenters. The molecule has 0 aromatic carbocycles. The van der Waals surface area contributed by atoms with Gasteiger partial charge in [-0.2, -0.15) is 0 Å². The van der Waals surface area contributed by atoms with Gasteiger partial charge in [0.1, 0.15) is 15.4 Å². The first-order chi connectivity index (χ1) is 12.4. The minimum atomic E-state index is -4.73. The van der Waals surface area contributed by atoms with Gasteiger partial charge in [-0.15, -0.1) is 0 Å². The zero-order chi connectivity index (χ0) is 19.7. The van der Waals surface area contributed by atoms with Crippen molar-refractivity contribution in [2.75, 3.05) is 6.61 Å². The largest absolute Gasteiger partial charge is 0.747 e. The second-order valence-electron chi connectivity index (χ2n) is 7.33. The van der Waals surface area contributed by atoms with E-state index in [-0.39, 0.29) is 6.42 Å². The molecule has 1 N–H and O–H groups in total. The Hall–Kier alpha value is -0.460. The fourth-order valence-electron chi connectivity index (χ4n) is 3.19.